The second-order valence-corrected chi connectivity index (χ2v) is 9.42. The maximum absolute atomic E-state index is 9.15. The Morgan fingerprint density at radius 1 is 0.500 bits per heavy atom. The van der Waals surface area contributed by atoms with Gasteiger partial charge in [-0.2, -0.15) is 0 Å². The number of aliphatic hydroxyl groups excluding tert-OH is 2. The largest absolute Gasteiger partial charge is 0.494 e. The number of aliphatic hydroxyl groups is 2. The first-order valence-corrected chi connectivity index (χ1v) is 13.5. The van der Waals surface area contributed by atoms with Crippen LogP contribution in [0.4, 0.5) is 0 Å². The number of hydrogen-bond donors (Lipinski definition) is 2. The van der Waals surface area contributed by atoms with E-state index in [0.29, 0.717) is 26.4 Å². The van der Waals surface area contributed by atoms with Gasteiger partial charge in [-0.05, 0) is 87.8 Å². The molecule has 0 heterocycles. The van der Waals surface area contributed by atoms with Gasteiger partial charge in [0.25, 0.3) is 0 Å². The predicted octanol–water partition coefficient (Wildman–Crippen LogP) is 6.03. The summed E-state index contributed by atoms with van der Waals surface area (Å²) in [5, 5.41) is 18.3. The summed E-state index contributed by atoms with van der Waals surface area (Å²) in [5.41, 5.74) is 2.31. The predicted molar refractivity (Wildman–Crippen MR) is 145 cm³/mol. The Kier molecular flexibility index (Phi) is 15.9. The Balaban J connectivity index is 1.55. The van der Waals surface area contributed by atoms with Crippen molar-refractivity contribution >= 4 is 0 Å². The summed E-state index contributed by atoms with van der Waals surface area (Å²) < 4.78 is 22.5. The third-order valence-electron chi connectivity index (χ3n) is 5.66. The van der Waals surface area contributed by atoms with Crippen LogP contribution in [-0.2, 0) is 9.47 Å². The molecular formula is C30H46O6. The lowest BCUT2D eigenvalue weighted by molar-refractivity contribution is 0.0444. The monoisotopic (exact) mass is 502 g/mol. The molecule has 6 heteroatoms. The van der Waals surface area contributed by atoms with Crippen molar-refractivity contribution in [3.05, 3.63) is 48.5 Å². The molecule has 0 saturated heterocycles. The van der Waals surface area contributed by atoms with Crippen LogP contribution in [0.5, 0.6) is 11.5 Å². The zero-order chi connectivity index (χ0) is 25.8. The highest BCUT2D eigenvalue weighted by atomic mass is 16.5. The van der Waals surface area contributed by atoms with Gasteiger partial charge in [-0.1, -0.05) is 37.1 Å². The van der Waals surface area contributed by atoms with Crippen LogP contribution < -0.4 is 9.47 Å². The van der Waals surface area contributed by atoms with Crippen molar-refractivity contribution in [3.63, 3.8) is 0 Å². The van der Waals surface area contributed by atoms with Gasteiger partial charge >= 0.3 is 0 Å². The highest BCUT2D eigenvalue weighted by molar-refractivity contribution is 5.64. The van der Waals surface area contributed by atoms with Gasteiger partial charge in [-0.15, -0.1) is 0 Å². The molecule has 36 heavy (non-hydrogen) atoms. The molecule has 0 amide bonds. The lowest BCUT2D eigenvalue weighted by Gasteiger charge is -2.09. The molecule has 0 spiro atoms. The molecule has 202 valence electrons. The Hall–Kier alpha value is -2.12. The van der Waals surface area contributed by atoms with Crippen molar-refractivity contribution in [2.24, 2.45) is 0 Å². The molecule has 0 aliphatic heterocycles. The zero-order valence-electron chi connectivity index (χ0n) is 22.2. The number of rotatable bonds is 21. The van der Waals surface area contributed by atoms with Crippen molar-refractivity contribution < 1.29 is 29.2 Å². The zero-order valence-corrected chi connectivity index (χ0v) is 22.2. The van der Waals surface area contributed by atoms with Crippen molar-refractivity contribution in [2.75, 3.05) is 39.6 Å². The molecule has 2 aromatic carbocycles. The van der Waals surface area contributed by atoms with E-state index in [-0.39, 0.29) is 12.2 Å². The van der Waals surface area contributed by atoms with Gasteiger partial charge in [0.1, 0.15) is 11.5 Å². The smallest absolute Gasteiger partial charge is 0.119 e. The summed E-state index contributed by atoms with van der Waals surface area (Å²) in [7, 11) is 0. The van der Waals surface area contributed by atoms with Crippen molar-refractivity contribution in [3.8, 4) is 22.6 Å². The van der Waals surface area contributed by atoms with E-state index in [1.807, 2.05) is 24.3 Å². The Morgan fingerprint density at radius 2 is 0.833 bits per heavy atom. The van der Waals surface area contributed by atoms with Gasteiger partial charge in [0.05, 0.1) is 38.6 Å². The van der Waals surface area contributed by atoms with Crippen molar-refractivity contribution in [1.29, 1.82) is 0 Å². The first kappa shape index (κ1) is 30.1. The van der Waals surface area contributed by atoms with Gasteiger partial charge in [-0.3, -0.25) is 0 Å². The molecular weight excluding hydrogens is 456 g/mol. The number of benzene rings is 2. The summed E-state index contributed by atoms with van der Waals surface area (Å²) in [6.07, 6.45) is 7.78. The maximum Gasteiger partial charge on any atom is 0.119 e. The van der Waals surface area contributed by atoms with E-state index in [1.54, 1.807) is 13.8 Å². The molecule has 0 bridgehead atoms. The summed E-state index contributed by atoms with van der Waals surface area (Å²) in [6.45, 7) is 7.17. The SMILES string of the molecule is CC(O)COCCCCCCOc1ccc(-c2ccc(OCCCCCCOCC(C)O)cc2)cc1. The van der Waals surface area contributed by atoms with Gasteiger partial charge in [-0.25, -0.2) is 0 Å². The molecule has 0 radical (unpaired) electrons. The minimum atomic E-state index is -0.386. The highest BCUT2D eigenvalue weighted by Crippen LogP contribution is 2.25. The van der Waals surface area contributed by atoms with Gasteiger partial charge in [0.15, 0.2) is 0 Å². The summed E-state index contributed by atoms with van der Waals surface area (Å²) in [6, 6.07) is 16.5. The fourth-order valence-corrected chi connectivity index (χ4v) is 3.69. The second-order valence-electron chi connectivity index (χ2n) is 9.42. The van der Waals surface area contributed by atoms with Gasteiger partial charge in [0, 0.05) is 13.2 Å². The van der Waals surface area contributed by atoms with E-state index >= 15 is 0 Å². The molecule has 2 rings (SSSR count). The Labute approximate surface area is 217 Å². The summed E-state index contributed by atoms with van der Waals surface area (Å²) in [5.74, 6) is 1.79. The second kappa shape index (κ2) is 19.1. The van der Waals surface area contributed by atoms with Crippen LogP contribution >= 0.6 is 0 Å². The molecule has 2 unspecified atom stereocenters. The average molecular weight is 503 g/mol. The third kappa shape index (κ3) is 14.4. The van der Waals surface area contributed by atoms with E-state index in [9.17, 15) is 0 Å². The minimum absolute atomic E-state index is 0.386. The van der Waals surface area contributed by atoms with E-state index in [2.05, 4.69) is 24.3 Å². The maximum atomic E-state index is 9.15. The molecule has 2 atom stereocenters. The topological polar surface area (TPSA) is 77.4 Å². The number of hydrogen-bond acceptors (Lipinski definition) is 6. The molecule has 2 aromatic rings. The number of ether oxygens (including phenoxy) is 4. The van der Waals surface area contributed by atoms with E-state index < -0.39 is 0 Å². The van der Waals surface area contributed by atoms with Crippen LogP contribution in [0.15, 0.2) is 48.5 Å². The Bertz CT molecular complexity index is 706. The minimum Gasteiger partial charge on any atom is -0.494 e. The van der Waals surface area contributed by atoms with Crippen molar-refractivity contribution in [1.82, 2.24) is 0 Å². The molecule has 0 fully saturated rings. The summed E-state index contributed by atoms with van der Waals surface area (Å²) in [4.78, 5) is 0. The highest BCUT2D eigenvalue weighted by Gasteiger charge is 2.02. The van der Waals surface area contributed by atoms with E-state index in [4.69, 9.17) is 29.2 Å². The fraction of sp³-hybridized carbons (Fsp3) is 0.600. The molecule has 0 aliphatic carbocycles. The molecule has 6 nitrogen and oxygen atoms in total. The van der Waals surface area contributed by atoms with Gasteiger partial charge < -0.3 is 29.2 Å². The average Bonchev–Trinajstić information content (AvgIpc) is 2.87. The molecule has 0 saturated carbocycles. The first-order valence-electron chi connectivity index (χ1n) is 13.5. The van der Waals surface area contributed by atoms with Crippen LogP contribution in [0.25, 0.3) is 11.1 Å². The van der Waals surface area contributed by atoms with Crippen LogP contribution in [0.1, 0.15) is 65.2 Å². The fourth-order valence-electron chi connectivity index (χ4n) is 3.69. The summed E-state index contributed by atoms with van der Waals surface area (Å²) >= 11 is 0. The van der Waals surface area contributed by atoms with Gasteiger partial charge in [0.2, 0.25) is 0 Å². The normalized spacial score (nSPS) is 12.9. The van der Waals surface area contributed by atoms with E-state index in [0.717, 1.165) is 87.2 Å². The van der Waals surface area contributed by atoms with Crippen LogP contribution in [0.3, 0.4) is 0 Å². The first-order chi connectivity index (χ1) is 17.5. The lowest BCUT2D eigenvalue weighted by Crippen LogP contribution is -2.10. The third-order valence-corrected chi connectivity index (χ3v) is 5.66. The van der Waals surface area contributed by atoms with E-state index in [1.165, 1.54) is 0 Å². The van der Waals surface area contributed by atoms with Crippen LogP contribution in [0, 0.1) is 0 Å². The van der Waals surface area contributed by atoms with Crippen LogP contribution in [-0.4, -0.2) is 62.1 Å². The molecule has 0 aliphatic rings. The quantitative estimate of drug-likeness (QED) is 0.203. The number of unbranched alkanes of at least 4 members (excludes halogenated alkanes) is 6. The molecule has 2 N–H and O–H groups in total. The van der Waals surface area contributed by atoms with Crippen molar-refractivity contribution in [2.45, 2.75) is 77.4 Å². The van der Waals surface area contributed by atoms with Crippen LogP contribution in [0.2, 0.25) is 0 Å². The molecule has 0 aromatic heterocycles. The Morgan fingerprint density at radius 3 is 1.17 bits per heavy atom. The standard InChI is InChI=1S/C30H46O6/c1-25(31)23-33-19-7-3-5-9-21-35-29-15-11-27(12-16-29)28-13-17-30(18-14-28)36-22-10-6-4-8-20-34-24-26(2)32/h11-18,25-26,31-32H,3-10,19-24H2,1-2H3. The lowest BCUT2D eigenvalue weighted by atomic mass is 10.1.